The molecule has 0 atom stereocenters. The van der Waals surface area contributed by atoms with Gasteiger partial charge in [0.05, 0.1) is 28.7 Å². The zero-order chi connectivity index (χ0) is 14.7. The molecule has 7 heteroatoms. The van der Waals surface area contributed by atoms with Gasteiger partial charge in [0.25, 0.3) is 5.91 Å². The molecule has 0 aliphatic heterocycles. The van der Waals surface area contributed by atoms with E-state index in [1.165, 1.54) is 12.4 Å². The van der Waals surface area contributed by atoms with E-state index in [9.17, 15) is 4.79 Å². The number of benzene rings is 1. The number of halogens is 1. The first kappa shape index (κ1) is 13.3. The number of amides is 1. The number of carbonyl (C=O) groups excluding carboxylic acids is 1. The van der Waals surface area contributed by atoms with Crippen molar-refractivity contribution in [1.29, 1.82) is 0 Å². The molecule has 3 aromatic rings. The van der Waals surface area contributed by atoms with Gasteiger partial charge in [0, 0.05) is 12.4 Å². The van der Waals surface area contributed by atoms with Gasteiger partial charge in [-0.15, -0.1) is 0 Å². The summed E-state index contributed by atoms with van der Waals surface area (Å²) < 4.78 is 1.67. The van der Waals surface area contributed by atoms with E-state index >= 15 is 0 Å². The number of nitrogens with zero attached hydrogens (tertiary/aromatic N) is 4. The Morgan fingerprint density at radius 3 is 2.62 bits per heavy atom. The molecule has 1 N–H and O–H groups in total. The highest BCUT2D eigenvalue weighted by molar-refractivity contribution is 6.34. The molecule has 6 nitrogen and oxygen atoms in total. The van der Waals surface area contributed by atoms with Crippen LogP contribution in [0.3, 0.4) is 0 Å². The summed E-state index contributed by atoms with van der Waals surface area (Å²) in [6.45, 7) is 0. The van der Waals surface area contributed by atoms with Crippen LogP contribution in [-0.2, 0) is 0 Å². The third-order valence-electron chi connectivity index (χ3n) is 2.75. The first-order chi connectivity index (χ1) is 10.2. The number of carbonyl (C=O) groups is 1. The minimum absolute atomic E-state index is 0.306. The van der Waals surface area contributed by atoms with E-state index < -0.39 is 0 Å². The highest BCUT2D eigenvalue weighted by atomic mass is 35.5. The second kappa shape index (κ2) is 5.72. The third-order valence-corrected chi connectivity index (χ3v) is 3.08. The molecule has 0 radical (unpaired) electrons. The lowest BCUT2D eigenvalue weighted by atomic mass is 10.2. The molecular formula is C14H10ClN5O. The van der Waals surface area contributed by atoms with Crippen LogP contribution in [0.1, 0.15) is 10.4 Å². The number of hydrogen-bond donors (Lipinski definition) is 1. The molecule has 2 heterocycles. The molecule has 0 spiro atoms. The molecule has 0 fully saturated rings. The van der Waals surface area contributed by atoms with E-state index in [1.54, 1.807) is 47.6 Å². The molecule has 104 valence electrons. The molecule has 3 rings (SSSR count). The van der Waals surface area contributed by atoms with E-state index in [0.717, 1.165) is 0 Å². The first-order valence-corrected chi connectivity index (χ1v) is 6.48. The average Bonchev–Trinajstić information content (AvgIpc) is 3.02. The molecule has 21 heavy (non-hydrogen) atoms. The van der Waals surface area contributed by atoms with Crippen molar-refractivity contribution < 1.29 is 4.79 Å². The zero-order valence-corrected chi connectivity index (χ0v) is 11.5. The normalized spacial score (nSPS) is 10.3. The van der Waals surface area contributed by atoms with E-state index in [1.807, 2.05) is 0 Å². The molecule has 0 unspecified atom stereocenters. The fraction of sp³-hybridized carbons (Fsp3) is 0. The van der Waals surface area contributed by atoms with Crippen molar-refractivity contribution in [2.24, 2.45) is 0 Å². The number of nitrogens with one attached hydrogen (secondary N) is 1. The van der Waals surface area contributed by atoms with Crippen molar-refractivity contribution in [2.75, 3.05) is 5.32 Å². The van der Waals surface area contributed by atoms with Gasteiger partial charge in [-0.3, -0.25) is 9.36 Å². The summed E-state index contributed by atoms with van der Waals surface area (Å²) in [4.78, 5) is 24.3. The van der Waals surface area contributed by atoms with Gasteiger partial charge in [-0.1, -0.05) is 23.7 Å². The van der Waals surface area contributed by atoms with E-state index in [4.69, 9.17) is 11.6 Å². The maximum absolute atomic E-state index is 12.1. The van der Waals surface area contributed by atoms with Crippen molar-refractivity contribution in [1.82, 2.24) is 19.5 Å². The first-order valence-electron chi connectivity index (χ1n) is 6.10. The largest absolute Gasteiger partial charge is 0.319 e. The minimum atomic E-state index is -0.306. The Morgan fingerprint density at radius 2 is 1.95 bits per heavy atom. The van der Waals surface area contributed by atoms with Crippen molar-refractivity contribution >= 4 is 23.2 Å². The Morgan fingerprint density at radius 1 is 1.19 bits per heavy atom. The number of hydrogen-bond acceptors (Lipinski definition) is 4. The Balaban J connectivity index is 1.77. The number of rotatable bonds is 3. The van der Waals surface area contributed by atoms with Crippen LogP contribution in [-0.4, -0.2) is 25.4 Å². The Hall–Kier alpha value is -2.73. The van der Waals surface area contributed by atoms with Crippen molar-refractivity contribution in [3.63, 3.8) is 0 Å². The summed E-state index contributed by atoms with van der Waals surface area (Å²) in [6, 6.07) is 6.83. The van der Waals surface area contributed by atoms with E-state index in [2.05, 4.69) is 20.3 Å². The van der Waals surface area contributed by atoms with Crippen LogP contribution >= 0.6 is 11.6 Å². The summed E-state index contributed by atoms with van der Waals surface area (Å²) in [7, 11) is 0. The average molecular weight is 300 g/mol. The fourth-order valence-electron chi connectivity index (χ4n) is 1.74. The van der Waals surface area contributed by atoms with Crippen LogP contribution < -0.4 is 5.32 Å². The molecule has 0 aliphatic rings. The quantitative estimate of drug-likeness (QED) is 0.806. The van der Waals surface area contributed by atoms with Gasteiger partial charge in [0.1, 0.15) is 6.33 Å². The van der Waals surface area contributed by atoms with Crippen LogP contribution in [0.2, 0.25) is 5.02 Å². The summed E-state index contributed by atoms with van der Waals surface area (Å²) in [6.07, 6.45) is 8.01. The van der Waals surface area contributed by atoms with Crippen molar-refractivity contribution in [2.45, 2.75) is 0 Å². The van der Waals surface area contributed by atoms with Gasteiger partial charge in [-0.2, -0.15) is 0 Å². The molecule has 0 aliphatic carbocycles. The molecule has 1 aromatic carbocycles. The number of aromatic nitrogens is 4. The molecule has 0 saturated carbocycles. The van der Waals surface area contributed by atoms with Crippen LogP contribution in [0.4, 0.5) is 5.69 Å². The Labute approximate surface area is 125 Å². The highest BCUT2D eigenvalue weighted by Gasteiger charge is 2.10. The van der Waals surface area contributed by atoms with Crippen LogP contribution in [0.25, 0.3) is 5.95 Å². The van der Waals surface area contributed by atoms with Crippen LogP contribution in [0, 0.1) is 0 Å². The fourth-order valence-corrected chi connectivity index (χ4v) is 1.96. The lowest BCUT2D eigenvalue weighted by Crippen LogP contribution is -2.13. The second-order valence-corrected chi connectivity index (χ2v) is 4.58. The topological polar surface area (TPSA) is 72.7 Å². The van der Waals surface area contributed by atoms with Crippen LogP contribution in [0.15, 0.2) is 55.4 Å². The smallest absolute Gasteiger partial charge is 0.257 e. The molecular weight excluding hydrogens is 290 g/mol. The predicted octanol–water partition coefficient (Wildman–Crippen LogP) is 2.57. The zero-order valence-electron chi connectivity index (χ0n) is 10.8. The van der Waals surface area contributed by atoms with Gasteiger partial charge in [-0.05, 0) is 12.1 Å². The second-order valence-electron chi connectivity index (χ2n) is 4.18. The van der Waals surface area contributed by atoms with Gasteiger partial charge in [0.15, 0.2) is 0 Å². The van der Waals surface area contributed by atoms with Gasteiger partial charge in [0.2, 0.25) is 5.95 Å². The van der Waals surface area contributed by atoms with E-state index in [0.29, 0.717) is 22.2 Å². The Bertz CT molecular complexity index is 755. The standard InChI is InChI=1S/C14H10ClN5O/c15-12-4-2-1-3-11(12)13(21)19-10-7-17-14(18-8-10)20-6-5-16-9-20/h1-9H,(H,19,21). The lowest BCUT2D eigenvalue weighted by molar-refractivity contribution is 0.102. The number of imidazole rings is 1. The van der Waals surface area contributed by atoms with E-state index in [-0.39, 0.29) is 5.91 Å². The number of anilines is 1. The maximum atomic E-state index is 12.1. The highest BCUT2D eigenvalue weighted by Crippen LogP contribution is 2.16. The Kier molecular flexibility index (Phi) is 3.61. The summed E-state index contributed by atoms with van der Waals surface area (Å²) >= 11 is 5.98. The van der Waals surface area contributed by atoms with Crippen LogP contribution in [0.5, 0.6) is 0 Å². The monoisotopic (exact) mass is 299 g/mol. The van der Waals surface area contributed by atoms with Gasteiger partial charge < -0.3 is 5.32 Å². The SMILES string of the molecule is O=C(Nc1cnc(-n2ccnc2)nc1)c1ccccc1Cl. The van der Waals surface area contributed by atoms with Gasteiger partial charge in [-0.25, -0.2) is 15.0 Å². The lowest BCUT2D eigenvalue weighted by Gasteiger charge is -2.06. The summed E-state index contributed by atoms with van der Waals surface area (Å²) in [5.41, 5.74) is 0.890. The molecule has 0 saturated heterocycles. The molecule has 1 amide bonds. The van der Waals surface area contributed by atoms with Gasteiger partial charge >= 0.3 is 0 Å². The van der Waals surface area contributed by atoms with Crippen molar-refractivity contribution in [3.8, 4) is 5.95 Å². The third kappa shape index (κ3) is 2.90. The summed E-state index contributed by atoms with van der Waals surface area (Å²) in [5.74, 6) is 0.169. The minimum Gasteiger partial charge on any atom is -0.319 e. The predicted molar refractivity (Wildman–Crippen MR) is 78.6 cm³/mol. The molecule has 0 bridgehead atoms. The van der Waals surface area contributed by atoms with Crippen molar-refractivity contribution in [3.05, 3.63) is 66.0 Å². The molecule has 2 aromatic heterocycles. The maximum Gasteiger partial charge on any atom is 0.257 e. The summed E-state index contributed by atoms with van der Waals surface area (Å²) in [5, 5.41) is 3.09.